The fourth-order valence-corrected chi connectivity index (χ4v) is 1.69. The van der Waals surface area contributed by atoms with Crippen LogP contribution in [0.2, 0.25) is 0 Å². The lowest BCUT2D eigenvalue weighted by atomic mass is 10.2. The highest BCUT2D eigenvalue weighted by Gasteiger charge is 2.09. The maximum Gasteiger partial charge on any atom is 0.0974 e. The van der Waals surface area contributed by atoms with Gasteiger partial charge in [0.25, 0.3) is 0 Å². The lowest BCUT2D eigenvalue weighted by Gasteiger charge is -2.18. The quantitative estimate of drug-likeness (QED) is 0.540. The summed E-state index contributed by atoms with van der Waals surface area (Å²) >= 11 is 1.73. The SMILES string of the molecule is CC(C)(C)OCSc1ccccc1. The Kier molecular flexibility index (Phi) is 3.82. The van der Waals surface area contributed by atoms with Crippen molar-refractivity contribution in [1.29, 1.82) is 0 Å². The van der Waals surface area contributed by atoms with Gasteiger partial charge in [-0.25, -0.2) is 0 Å². The molecule has 0 atom stereocenters. The summed E-state index contributed by atoms with van der Waals surface area (Å²) < 4.78 is 5.60. The van der Waals surface area contributed by atoms with Gasteiger partial charge in [0.15, 0.2) is 0 Å². The summed E-state index contributed by atoms with van der Waals surface area (Å²) in [6, 6.07) is 10.3. The van der Waals surface area contributed by atoms with E-state index >= 15 is 0 Å². The van der Waals surface area contributed by atoms with Crippen molar-refractivity contribution in [3.05, 3.63) is 30.3 Å². The van der Waals surface area contributed by atoms with Gasteiger partial charge in [0.05, 0.1) is 11.5 Å². The average Bonchev–Trinajstić information content (AvgIpc) is 2.04. The summed E-state index contributed by atoms with van der Waals surface area (Å²) in [5.74, 6) is 0.716. The van der Waals surface area contributed by atoms with Crippen LogP contribution in [0.5, 0.6) is 0 Å². The van der Waals surface area contributed by atoms with Gasteiger partial charge in [0, 0.05) is 4.90 Å². The van der Waals surface area contributed by atoms with E-state index in [0.717, 1.165) is 0 Å². The van der Waals surface area contributed by atoms with E-state index in [1.165, 1.54) is 4.90 Å². The van der Waals surface area contributed by atoms with Crippen LogP contribution in [0.1, 0.15) is 20.8 Å². The van der Waals surface area contributed by atoms with Gasteiger partial charge < -0.3 is 4.74 Å². The van der Waals surface area contributed by atoms with E-state index in [1.807, 2.05) is 18.2 Å². The third kappa shape index (κ3) is 4.96. The Bertz CT molecular complexity index is 238. The van der Waals surface area contributed by atoms with Crippen LogP contribution in [0.4, 0.5) is 0 Å². The maximum atomic E-state index is 5.60. The molecule has 0 bridgehead atoms. The van der Waals surface area contributed by atoms with E-state index < -0.39 is 0 Å². The number of hydrogen-bond acceptors (Lipinski definition) is 2. The molecule has 72 valence electrons. The van der Waals surface area contributed by atoms with Gasteiger partial charge in [-0.3, -0.25) is 0 Å². The molecule has 1 aromatic carbocycles. The summed E-state index contributed by atoms with van der Waals surface area (Å²) in [6.07, 6.45) is 0. The first-order valence-electron chi connectivity index (χ1n) is 4.40. The molecule has 0 aromatic heterocycles. The van der Waals surface area contributed by atoms with Gasteiger partial charge in [-0.2, -0.15) is 0 Å². The van der Waals surface area contributed by atoms with E-state index in [0.29, 0.717) is 5.94 Å². The van der Waals surface area contributed by atoms with Gasteiger partial charge >= 0.3 is 0 Å². The fourth-order valence-electron chi connectivity index (χ4n) is 0.791. The molecule has 0 heterocycles. The van der Waals surface area contributed by atoms with Crippen LogP contribution in [0.15, 0.2) is 35.2 Å². The molecule has 0 aliphatic carbocycles. The molecule has 0 saturated carbocycles. The second-order valence-electron chi connectivity index (χ2n) is 3.83. The predicted molar refractivity (Wildman–Crippen MR) is 58.0 cm³/mol. The summed E-state index contributed by atoms with van der Waals surface area (Å²) in [4.78, 5) is 1.26. The first-order valence-corrected chi connectivity index (χ1v) is 5.38. The van der Waals surface area contributed by atoms with E-state index in [9.17, 15) is 0 Å². The Morgan fingerprint density at radius 2 is 1.77 bits per heavy atom. The normalized spacial score (nSPS) is 11.6. The van der Waals surface area contributed by atoms with Gasteiger partial charge in [-0.1, -0.05) is 30.0 Å². The minimum atomic E-state index is -0.0399. The molecule has 0 saturated heterocycles. The van der Waals surface area contributed by atoms with Crippen LogP contribution in [-0.2, 0) is 4.74 Å². The number of rotatable bonds is 3. The molecule has 0 spiro atoms. The van der Waals surface area contributed by atoms with Crippen molar-refractivity contribution < 1.29 is 4.74 Å². The van der Waals surface area contributed by atoms with E-state index in [1.54, 1.807) is 11.8 Å². The van der Waals surface area contributed by atoms with Crippen molar-refractivity contribution in [2.45, 2.75) is 31.3 Å². The van der Waals surface area contributed by atoms with Crippen molar-refractivity contribution in [3.63, 3.8) is 0 Å². The Morgan fingerprint density at radius 1 is 1.15 bits per heavy atom. The molecule has 2 heteroatoms. The number of benzene rings is 1. The number of hydrogen-bond donors (Lipinski definition) is 0. The van der Waals surface area contributed by atoms with Crippen molar-refractivity contribution in [2.24, 2.45) is 0 Å². The highest BCUT2D eigenvalue weighted by Crippen LogP contribution is 2.19. The van der Waals surface area contributed by atoms with Crippen LogP contribution in [0.25, 0.3) is 0 Å². The first-order chi connectivity index (χ1) is 6.08. The molecule has 0 aliphatic heterocycles. The molecule has 13 heavy (non-hydrogen) atoms. The maximum absolute atomic E-state index is 5.60. The summed E-state index contributed by atoms with van der Waals surface area (Å²) in [5, 5.41) is 0. The number of thioether (sulfide) groups is 1. The van der Waals surface area contributed by atoms with E-state index in [4.69, 9.17) is 4.74 Å². The standard InChI is InChI=1S/C11H16OS/c1-11(2,3)12-9-13-10-7-5-4-6-8-10/h4-8H,9H2,1-3H3. The lowest BCUT2D eigenvalue weighted by Crippen LogP contribution is -2.18. The van der Waals surface area contributed by atoms with Gasteiger partial charge in [-0.15, -0.1) is 0 Å². The van der Waals surface area contributed by atoms with Gasteiger partial charge in [-0.05, 0) is 32.9 Å². The third-order valence-corrected chi connectivity index (χ3v) is 2.30. The molecule has 0 unspecified atom stereocenters. The second-order valence-corrected chi connectivity index (χ2v) is 4.83. The zero-order chi connectivity index (χ0) is 9.73. The summed E-state index contributed by atoms with van der Waals surface area (Å²) in [7, 11) is 0. The van der Waals surface area contributed by atoms with Crippen molar-refractivity contribution in [2.75, 3.05) is 5.94 Å². The molecule has 0 fully saturated rings. The Morgan fingerprint density at radius 3 is 2.31 bits per heavy atom. The molecule has 0 amide bonds. The highest BCUT2D eigenvalue weighted by atomic mass is 32.2. The first kappa shape index (κ1) is 10.6. The zero-order valence-electron chi connectivity index (χ0n) is 8.41. The molecular formula is C11H16OS. The topological polar surface area (TPSA) is 9.23 Å². The molecular weight excluding hydrogens is 180 g/mol. The van der Waals surface area contributed by atoms with E-state index in [2.05, 4.69) is 32.9 Å². The zero-order valence-corrected chi connectivity index (χ0v) is 9.23. The molecule has 0 radical (unpaired) electrons. The summed E-state index contributed by atoms with van der Waals surface area (Å²) in [6.45, 7) is 6.20. The Balaban J connectivity index is 2.29. The second kappa shape index (κ2) is 4.68. The van der Waals surface area contributed by atoms with Crippen molar-refractivity contribution in [1.82, 2.24) is 0 Å². The smallest absolute Gasteiger partial charge is 0.0974 e. The molecule has 1 aromatic rings. The van der Waals surface area contributed by atoms with E-state index in [-0.39, 0.29) is 5.60 Å². The molecule has 1 nitrogen and oxygen atoms in total. The number of ether oxygens (including phenoxy) is 1. The minimum Gasteiger partial charge on any atom is -0.365 e. The fraction of sp³-hybridized carbons (Fsp3) is 0.455. The van der Waals surface area contributed by atoms with Crippen LogP contribution in [0, 0.1) is 0 Å². The largest absolute Gasteiger partial charge is 0.365 e. The Hall–Kier alpha value is -0.470. The predicted octanol–water partition coefficient (Wildman–Crippen LogP) is 3.55. The third-order valence-electron chi connectivity index (χ3n) is 1.46. The molecule has 0 aliphatic rings. The van der Waals surface area contributed by atoms with Gasteiger partial charge in [0.1, 0.15) is 0 Å². The molecule has 0 N–H and O–H groups in total. The average molecular weight is 196 g/mol. The molecule has 1 rings (SSSR count). The minimum absolute atomic E-state index is 0.0399. The monoisotopic (exact) mass is 196 g/mol. The Labute approximate surface area is 84.5 Å². The van der Waals surface area contributed by atoms with Crippen LogP contribution in [0.3, 0.4) is 0 Å². The van der Waals surface area contributed by atoms with Crippen LogP contribution < -0.4 is 0 Å². The van der Waals surface area contributed by atoms with Crippen molar-refractivity contribution >= 4 is 11.8 Å². The highest BCUT2D eigenvalue weighted by molar-refractivity contribution is 7.99. The van der Waals surface area contributed by atoms with Crippen molar-refractivity contribution in [3.8, 4) is 0 Å². The van der Waals surface area contributed by atoms with Gasteiger partial charge in [0.2, 0.25) is 0 Å². The summed E-state index contributed by atoms with van der Waals surface area (Å²) in [5.41, 5.74) is -0.0399. The lowest BCUT2D eigenvalue weighted by molar-refractivity contribution is 0.0288. The van der Waals surface area contributed by atoms with Crippen LogP contribution >= 0.6 is 11.8 Å². The van der Waals surface area contributed by atoms with Crippen LogP contribution in [-0.4, -0.2) is 11.5 Å².